The molecule has 1 aromatic rings. The van der Waals surface area contributed by atoms with Crippen molar-refractivity contribution in [1.82, 2.24) is 4.31 Å². The molecule has 0 aromatic heterocycles. The zero-order valence-corrected chi connectivity index (χ0v) is 16.3. The van der Waals surface area contributed by atoms with Gasteiger partial charge in [0, 0.05) is 25.2 Å². The van der Waals surface area contributed by atoms with Gasteiger partial charge in [0.05, 0.1) is 4.90 Å². The predicted molar refractivity (Wildman–Crippen MR) is 101 cm³/mol. The minimum Gasteiger partial charge on any atom is -0.326 e. The maximum Gasteiger partial charge on any atom is 0.243 e. The summed E-state index contributed by atoms with van der Waals surface area (Å²) < 4.78 is 27.0. The van der Waals surface area contributed by atoms with Crippen LogP contribution in [0, 0.1) is 19.8 Å². The molecule has 1 aliphatic carbocycles. The zero-order chi connectivity index (χ0) is 18.6. The molecule has 6 heteroatoms. The van der Waals surface area contributed by atoms with E-state index in [4.69, 9.17) is 0 Å². The number of hydrogen-bond acceptors (Lipinski definition) is 3. The van der Waals surface area contributed by atoms with Crippen molar-refractivity contribution in [2.45, 2.75) is 51.9 Å². The fraction of sp³-hybridized carbons (Fsp3) is 0.526. The van der Waals surface area contributed by atoms with Crippen LogP contribution in [0.2, 0.25) is 0 Å². The zero-order valence-electron chi connectivity index (χ0n) is 15.5. The van der Waals surface area contributed by atoms with E-state index in [1.54, 1.807) is 12.1 Å². The van der Waals surface area contributed by atoms with Crippen molar-refractivity contribution in [3.05, 3.63) is 35.4 Å². The highest BCUT2D eigenvalue weighted by molar-refractivity contribution is 7.89. The van der Waals surface area contributed by atoms with Gasteiger partial charge in [0.2, 0.25) is 15.9 Å². The average Bonchev–Trinajstić information content (AvgIpc) is 3.05. The summed E-state index contributed by atoms with van der Waals surface area (Å²) >= 11 is 0. The van der Waals surface area contributed by atoms with E-state index in [1.165, 1.54) is 4.31 Å². The summed E-state index contributed by atoms with van der Waals surface area (Å²) in [7, 11) is -3.55. The smallest absolute Gasteiger partial charge is 0.243 e. The number of anilines is 1. The summed E-state index contributed by atoms with van der Waals surface area (Å²) in [4.78, 5) is 12.6. The van der Waals surface area contributed by atoms with Gasteiger partial charge in [-0.3, -0.25) is 4.79 Å². The van der Waals surface area contributed by atoms with Gasteiger partial charge >= 0.3 is 0 Å². The lowest BCUT2D eigenvalue weighted by molar-refractivity contribution is -0.116. The molecule has 1 atom stereocenters. The first-order valence-electron chi connectivity index (χ1n) is 8.87. The molecule has 1 amide bonds. The van der Waals surface area contributed by atoms with E-state index in [2.05, 4.69) is 17.5 Å². The maximum absolute atomic E-state index is 12.8. The third-order valence-corrected chi connectivity index (χ3v) is 6.85. The van der Waals surface area contributed by atoms with Crippen molar-refractivity contribution >= 4 is 21.6 Å². The van der Waals surface area contributed by atoms with Gasteiger partial charge < -0.3 is 5.32 Å². The van der Waals surface area contributed by atoms with Gasteiger partial charge in [0.1, 0.15) is 0 Å². The first kappa shape index (κ1) is 19.7. The molecule has 0 fully saturated rings. The Balaban J connectivity index is 2.28. The minimum absolute atomic E-state index is 0.0727. The van der Waals surface area contributed by atoms with Gasteiger partial charge in [-0.25, -0.2) is 8.42 Å². The molecule has 0 saturated heterocycles. The summed E-state index contributed by atoms with van der Waals surface area (Å²) in [5.74, 6) is 0.209. The fourth-order valence-electron chi connectivity index (χ4n) is 3.12. The normalized spacial score (nSPS) is 17.2. The highest BCUT2D eigenvalue weighted by Crippen LogP contribution is 2.27. The maximum atomic E-state index is 12.8. The number of benzene rings is 1. The number of hydrogen-bond donors (Lipinski definition) is 1. The van der Waals surface area contributed by atoms with Crippen molar-refractivity contribution in [1.29, 1.82) is 0 Å². The summed E-state index contributed by atoms with van der Waals surface area (Å²) in [5.41, 5.74) is 2.33. The Morgan fingerprint density at radius 3 is 2.48 bits per heavy atom. The number of allylic oxidation sites excluding steroid dienone is 2. The highest BCUT2D eigenvalue weighted by atomic mass is 32.2. The monoisotopic (exact) mass is 364 g/mol. The second-order valence-electron chi connectivity index (χ2n) is 6.52. The molecule has 1 aromatic carbocycles. The lowest BCUT2D eigenvalue weighted by atomic mass is 10.0. The lowest BCUT2D eigenvalue weighted by Crippen LogP contribution is -2.30. The standard InChI is InChI=1S/C19H28N2O3S/c1-5-21(6-2)25(23,24)17-11-14(3)15(4)18(13-17)20-19(22)12-16-9-7-8-10-16/h7,9,11,13,16H,5-6,8,10,12H2,1-4H3,(H,20,22)/t16-/m0/s1. The first-order chi connectivity index (χ1) is 11.8. The molecule has 25 heavy (non-hydrogen) atoms. The number of aryl methyl sites for hydroxylation is 1. The molecule has 2 rings (SSSR count). The van der Waals surface area contributed by atoms with Crippen LogP contribution in [0.4, 0.5) is 5.69 Å². The number of nitrogens with zero attached hydrogens (tertiary/aromatic N) is 1. The van der Waals surface area contributed by atoms with Crippen LogP contribution in [-0.4, -0.2) is 31.7 Å². The Morgan fingerprint density at radius 2 is 1.92 bits per heavy atom. The van der Waals surface area contributed by atoms with Gasteiger partial charge in [0.25, 0.3) is 0 Å². The molecule has 0 aliphatic heterocycles. The summed E-state index contributed by atoms with van der Waals surface area (Å²) in [5, 5.41) is 2.91. The average molecular weight is 365 g/mol. The number of carbonyl (C=O) groups excluding carboxylic acids is 1. The molecule has 1 N–H and O–H groups in total. The summed E-state index contributed by atoms with van der Waals surface area (Å²) in [6.07, 6.45) is 6.64. The molecule has 138 valence electrons. The van der Waals surface area contributed by atoms with Crippen molar-refractivity contribution in [2.24, 2.45) is 5.92 Å². The van der Waals surface area contributed by atoms with Gasteiger partial charge in [0.15, 0.2) is 0 Å². The topological polar surface area (TPSA) is 66.5 Å². The highest BCUT2D eigenvalue weighted by Gasteiger charge is 2.24. The number of carbonyl (C=O) groups is 1. The van der Waals surface area contributed by atoms with Crippen LogP contribution in [-0.2, 0) is 14.8 Å². The summed E-state index contributed by atoms with van der Waals surface area (Å²) in [6, 6.07) is 3.26. The van der Waals surface area contributed by atoms with Crippen LogP contribution in [0.25, 0.3) is 0 Å². The number of amides is 1. The van der Waals surface area contributed by atoms with Crippen molar-refractivity contribution in [2.75, 3.05) is 18.4 Å². The molecule has 0 unspecified atom stereocenters. The molecule has 0 radical (unpaired) electrons. The Labute approximate surface area is 151 Å². The van der Waals surface area contributed by atoms with Crippen molar-refractivity contribution in [3.63, 3.8) is 0 Å². The molecule has 0 saturated carbocycles. The van der Waals surface area contributed by atoms with E-state index in [0.717, 1.165) is 24.0 Å². The number of rotatable bonds is 7. The van der Waals surface area contributed by atoms with Gasteiger partial charge in [-0.05, 0) is 55.9 Å². The van der Waals surface area contributed by atoms with E-state index in [0.29, 0.717) is 25.2 Å². The molecule has 0 bridgehead atoms. The Bertz CT molecular complexity index is 765. The molecular formula is C19H28N2O3S. The van der Waals surface area contributed by atoms with Crippen LogP contribution >= 0.6 is 0 Å². The molecule has 0 spiro atoms. The van der Waals surface area contributed by atoms with E-state index in [9.17, 15) is 13.2 Å². The second kappa shape index (κ2) is 8.15. The molecular weight excluding hydrogens is 336 g/mol. The van der Waals surface area contributed by atoms with Crippen LogP contribution in [0.15, 0.2) is 29.2 Å². The van der Waals surface area contributed by atoms with E-state index >= 15 is 0 Å². The van der Waals surface area contributed by atoms with E-state index in [1.807, 2.05) is 27.7 Å². The third-order valence-electron chi connectivity index (χ3n) is 4.82. The third kappa shape index (κ3) is 4.50. The molecule has 1 aliphatic rings. The van der Waals surface area contributed by atoms with Crippen molar-refractivity contribution < 1.29 is 13.2 Å². The van der Waals surface area contributed by atoms with Gasteiger partial charge in [-0.2, -0.15) is 4.31 Å². The first-order valence-corrected chi connectivity index (χ1v) is 10.3. The van der Waals surface area contributed by atoms with Crippen molar-refractivity contribution in [3.8, 4) is 0 Å². The van der Waals surface area contributed by atoms with Crippen LogP contribution < -0.4 is 5.32 Å². The Hall–Kier alpha value is -1.66. The summed E-state index contributed by atoms with van der Waals surface area (Å²) in [6.45, 7) is 8.24. The Morgan fingerprint density at radius 1 is 1.24 bits per heavy atom. The quantitative estimate of drug-likeness (QED) is 0.751. The molecule has 0 heterocycles. The number of nitrogens with one attached hydrogen (secondary N) is 1. The van der Waals surface area contributed by atoms with Gasteiger partial charge in [-0.15, -0.1) is 0 Å². The van der Waals surface area contributed by atoms with E-state index < -0.39 is 10.0 Å². The minimum atomic E-state index is -3.55. The molecule has 5 nitrogen and oxygen atoms in total. The van der Waals surface area contributed by atoms with Crippen LogP contribution in [0.3, 0.4) is 0 Å². The number of sulfonamides is 1. The van der Waals surface area contributed by atoms with Gasteiger partial charge in [-0.1, -0.05) is 26.0 Å². The SMILES string of the molecule is CCN(CC)S(=O)(=O)c1cc(C)c(C)c(NC(=O)C[C@H]2C=CCC2)c1. The fourth-order valence-corrected chi connectivity index (χ4v) is 4.69. The van der Waals surface area contributed by atoms with Crippen LogP contribution in [0.5, 0.6) is 0 Å². The second-order valence-corrected chi connectivity index (χ2v) is 8.46. The lowest BCUT2D eigenvalue weighted by Gasteiger charge is -2.20. The predicted octanol–water partition coefficient (Wildman–Crippen LogP) is 3.63. The van der Waals surface area contributed by atoms with Crippen LogP contribution in [0.1, 0.15) is 44.2 Å². The Kier molecular flexibility index (Phi) is 6.41. The van der Waals surface area contributed by atoms with E-state index in [-0.39, 0.29) is 16.7 Å². The largest absolute Gasteiger partial charge is 0.326 e.